The number of halogens is 1. The lowest BCUT2D eigenvalue weighted by molar-refractivity contribution is 0.0759. The number of rotatable bonds is 9. The molecule has 0 unspecified atom stereocenters. The number of hydrogen-bond donors (Lipinski definition) is 1. The molecule has 0 spiro atoms. The van der Waals surface area contributed by atoms with Gasteiger partial charge in [0.25, 0.3) is 0 Å². The van der Waals surface area contributed by atoms with E-state index >= 15 is 0 Å². The second-order valence-electron chi connectivity index (χ2n) is 6.66. The van der Waals surface area contributed by atoms with Gasteiger partial charge < -0.3 is 14.4 Å². The van der Waals surface area contributed by atoms with Crippen LogP contribution in [0.3, 0.4) is 0 Å². The van der Waals surface area contributed by atoms with E-state index in [2.05, 4.69) is 23.4 Å². The number of imidazole rings is 1. The van der Waals surface area contributed by atoms with Crippen molar-refractivity contribution in [2.45, 2.75) is 42.8 Å². The van der Waals surface area contributed by atoms with Gasteiger partial charge >= 0.3 is 0 Å². The van der Waals surface area contributed by atoms with Crippen molar-refractivity contribution in [2.24, 2.45) is 0 Å². The van der Waals surface area contributed by atoms with Crippen LogP contribution < -0.4 is 0 Å². The molecule has 3 rings (SSSR count). The van der Waals surface area contributed by atoms with Crippen LogP contribution in [0.4, 0.5) is 4.39 Å². The Balaban J connectivity index is 2.02. The summed E-state index contributed by atoms with van der Waals surface area (Å²) in [6, 6.07) is 10.5. The normalized spacial score (nSPS) is 11.3. The molecule has 0 bridgehead atoms. The van der Waals surface area contributed by atoms with Gasteiger partial charge in [0.1, 0.15) is 23.3 Å². The van der Waals surface area contributed by atoms with E-state index in [1.165, 1.54) is 23.9 Å². The van der Waals surface area contributed by atoms with Gasteiger partial charge in [-0.2, -0.15) is 0 Å². The molecule has 5 nitrogen and oxygen atoms in total. The Bertz CT molecular complexity index is 900. The van der Waals surface area contributed by atoms with E-state index in [4.69, 9.17) is 14.8 Å². The molecule has 2 heterocycles. The average Bonchev–Trinajstić information content (AvgIpc) is 3.01. The third-order valence-electron chi connectivity index (χ3n) is 4.11. The molecule has 0 atom stereocenters. The Morgan fingerprint density at radius 2 is 2.11 bits per heavy atom. The summed E-state index contributed by atoms with van der Waals surface area (Å²) in [5.41, 5.74) is 1.99. The summed E-state index contributed by atoms with van der Waals surface area (Å²) >= 11 is 1.50. The summed E-state index contributed by atoms with van der Waals surface area (Å²) in [5, 5.41) is 9.98. The Hall–Kier alpha value is -2.22. The van der Waals surface area contributed by atoms with Crippen LogP contribution in [0.1, 0.15) is 36.8 Å². The largest absolute Gasteiger partial charge is 0.394 e. The van der Waals surface area contributed by atoms with Crippen molar-refractivity contribution < 1.29 is 14.2 Å². The second kappa shape index (κ2) is 9.82. The van der Waals surface area contributed by atoms with Crippen LogP contribution in [0.15, 0.2) is 58.7 Å². The first kappa shape index (κ1) is 20.5. The minimum Gasteiger partial charge on any atom is -0.394 e. The fourth-order valence-corrected chi connectivity index (χ4v) is 4.01. The molecule has 0 amide bonds. The molecule has 3 aromatic rings. The number of hydrogen-bond acceptors (Lipinski definition) is 5. The molecular formula is C21H24FN3O2S. The molecule has 0 aliphatic heterocycles. The van der Waals surface area contributed by atoms with Crippen molar-refractivity contribution in [1.82, 2.24) is 14.5 Å². The predicted molar refractivity (Wildman–Crippen MR) is 107 cm³/mol. The third kappa shape index (κ3) is 5.19. The van der Waals surface area contributed by atoms with Gasteiger partial charge in [0.05, 0.1) is 25.5 Å². The fraction of sp³-hybridized carbons (Fsp3) is 0.333. The highest BCUT2D eigenvalue weighted by atomic mass is 32.2. The zero-order valence-corrected chi connectivity index (χ0v) is 16.8. The number of aliphatic hydroxyl groups is 1. The van der Waals surface area contributed by atoms with E-state index < -0.39 is 0 Å². The molecule has 0 fully saturated rings. The topological polar surface area (TPSA) is 60.2 Å². The number of pyridine rings is 1. The third-order valence-corrected chi connectivity index (χ3v) is 5.23. The van der Waals surface area contributed by atoms with Crippen LogP contribution in [0, 0.1) is 5.82 Å². The summed E-state index contributed by atoms with van der Waals surface area (Å²) in [7, 11) is 0. The van der Waals surface area contributed by atoms with E-state index in [1.807, 2.05) is 24.4 Å². The SMILES string of the molecule is CC(C)c1nc(COCCO)n(Cc2cccnc2)c1Sc1cccc(F)c1. The molecule has 7 heteroatoms. The number of nitrogens with zero attached hydrogens (tertiary/aromatic N) is 3. The molecule has 148 valence electrons. The van der Waals surface area contributed by atoms with Crippen LogP contribution in [0.25, 0.3) is 0 Å². The highest BCUT2D eigenvalue weighted by Gasteiger charge is 2.21. The van der Waals surface area contributed by atoms with Gasteiger partial charge in [-0.1, -0.05) is 37.7 Å². The van der Waals surface area contributed by atoms with Crippen LogP contribution in [-0.2, 0) is 17.9 Å². The molecule has 1 aromatic carbocycles. The van der Waals surface area contributed by atoms with E-state index in [1.54, 1.807) is 12.3 Å². The van der Waals surface area contributed by atoms with Gasteiger partial charge in [0.15, 0.2) is 0 Å². The number of aliphatic hydroxyl groups excluding tert-OH is 1. The minimum absolute atomic E-state index is 0.0365. The molecule has 0 saturated carbocycles. The molecule has 0 aliphatic rings. The van der Waals surface area contributed by atoms with Crippen LogP contribution >= 0.6 is 11.8 Å². The standard InChI is InChI=1S/C21H24FN3O2S/c1-15(2)20-21(28-18-7-3-6-17(22)11-18)25(13-16-5-4-8-23-12-16)19(24-20)14-27-10-9-26/h3-8,11-12,15,26H,9-10,13-14H2,1-2H3. The molecule has 28 heavy (non-hydrogen) atoms. The molecule has 0 radical (unpaired) electrons. The van der Waals surface area contributed by atoms with Crippen molar-refractivity contribution in [1.29, 1.82) is 0 Å². The lowest BCUT2D eigenvalue weighted by Gasteiger charge is -2.13. The van der Waals surface area contributed by atoms with Gasteiger partial charge in [0.2, 0.25) is 0 Å². The first-order valence-corrected chi connectivity index (χ1v) is 10.0. The van der Waals surface area contributed by atoms with E-state index in [0.29, 0.717) is 13.2 Å². The highest BCUT2D eigenvalue weighted by Crippen LogP contribution is 2.35. The zero-order valence-electron chi connectivity index (χ0n) is 16.0. The maximum absolute atomic E-state index is 13.7. The maximum Gasteiger partial charge on any atom is 0.136 e. The van der Waals surface area contributed by atoms with Crippen molar-refractivity contribution >= 4 is 11.8 Å². The van der Waals surface area contributed by atoms with Gasteiger partial charge in [-0.15, -0.1) is 0 Å². The van der Waals surface area contributed by atoms with Gasteiger partial charge in [-0.25, -0.2) is 9.37 Å². The van der Waals surface area contributed by atoms with E-state index in [-0.39, 0.29) is 24.9 Å². The lowest BCUT2D eigenvalue weighted by Crippen LogP contribution is -2.09. The smallest absolute Gasteiger partial charge is 0.136 e. The van der Waals surface area contributed by atoms with Crippen molar-refractivity contribution in [3.8, 4) is 0 Å². The molecule has 2 aromatic heterocycles. The number of benzene rings is 1. The number of aromatic nitrogens is 3. The van der Waals surface area contributed by atoms with E-state index in [9.17, 15) is 4.39 Å². The molecular weight excluding hydrogens is 377 g/mol. The minimum atomic E-state index is -0.263. The first-order valence-electron chi connectivity index (χ1n) is 9.18. The zero-order chi connectivity index (χ0) is 19.9. The summed E-state index contributed by atoms with van der Waals surface area (Å²) in [4.78, 5) is 9.83. The fourth-order valence-electron chi connectivity index (χ4n) is 2.80. The Morgan fingerprint density at radius 1 is 1.25 bits per heavy atom. The molecule has 1 N–H and O–H groups in total. The van der Waals surface area contributed by atoms with Crippen molar-refractivity contribution in [3.63, 3.8) is 0 Å². The van der Waals surface area contributed by atoms with Crippen LogP contribution in [0.5, 0.6) is 0 Å². The summed E-state index contributed by atoms with van der Waals surface area (Å²) in [6.45, 7) is 5.27. The monoisotopic (exact) mass is 401 g/mol. The van der Waals surface area contributed by atoms with Gasteiger partial charge in [0, 0.05) is 17.3 Å². The van der Waals surface area contributed by atoms with Gasteiger partial charge in [-0.05, 0) is 35.7 Å². The predicted octanol–water partition coefficient (Wildman–Crippen LogP) is 4.25. The quantitative estimate of drug-likeness (QED) is 0.543. The highest BCUT2D eigenvalue weighted by molar-refractivity contribution is 7.99. The Kier molecular flexibility index (Phi) is 7.19. The van der Waals surface area contributed by atoms with Crippen molar-refractivity contribution in [3.05, 3.63) is 71.7 Å². The van der Waals surface area contributed by atoms with Crippen LogP contribution in [-0.4, -0.2) is 32.9 Å². The Labute approximate surface area is 168 Å². The summed E-state index contributed by atoms with van der Waals surface area (Å²) in [6.07, 6.45) is 3.56. The van der Waals surface area contributed by atoms with Crippen LogP contribution in [0.2, 0.25) is 0 Å². The summed E-state index contributed by atoms with van der Waals surface area (Å²) in [5.74, 6) is 0.712. The average molecular weight is 402 g/mol. The molecule has 0 aliphatic carbocycles. The van der Waals surface area contributed by atoms with E-state index in [0.717, 1.165) is 27.0 Å². The number of ether oxygens (including phenoxy) is 1. The van der Waals surface area contributed by atoms with Crippen molar-refractivity contribution in [2.75, 3.05) is 13.2 Å². The second-order valence-corrected chi connectivity index (χ2v) is 7.72. The maximum atomic E-state index is 13.7. The first-order chi connectivity index (χ1) is 13.6. The lowest BCUT2D eigenvalue weighted by atomic mass is 10.1. The van der Waals surface area contributed by atoms with Gasteiger partial charge in [-0.3, -0.25) is 4.98 Å². The molecule has 0 saturated heterocycles. The summed E-state index contributed by atoms with van der Waals surface area (Å²) < 4.78 is 21.3. The Morgan fingerprint density at radius 3 is 2.79 bits per heavy atom.